The van der Waals surface area contributed by atoms with Gasteiger partial charge in [0, 0.05) is 18.9 Å². The monoisotopic (exact) mass is 441 g/mol. The molecule has 2 aromatic carbocycles. The fourth-order valence-corrected chi connectivity index (χ4v) is 3.95. The fourth-order valence-electron chi connectivity index (χ4n) is 3.95. The summed E-state index contributed by atoms with van der Waals surface area (Å²) in [6.07, 6.45) is 1.24. The molecule has 0 saturated heterocycles. The van der Waals surface area contributed by atoms with Gasteiger partial charge in [0.15, 0.2) is 17.2 Å². The third-order valence-corrected chi connectivity index (χ3v) is 5.40. The lowest BCUT2D eigenvalue weighted by molar-refractivity contribution is -0.134. The van der Waals surface area contributed by atoms with E-state index >= 15 is 0 Å². The Kier molecular flexibility index (Phi) is 7.02. The summed E-state index contributed by atoms with van der Waals surface area (Å²) in [7, 11) is 4.40. The number of benzene rings is 1. The number of carbonyl (C=O) groups is 2. The minimum atomic E-state index is -0.439. The molecule has 1 N–H and O–H groups in total. The number of hydrogen-bond acceptors (Lipinski definition) is 7. The van der Waals surface area contributed by atoms with Crippen LogP contribution in [-0.2, 0) is 16.0 Å². The van der Waals surface area contributed by atoms with Crippen LogP contribution < -0.4 is 29.7 Å². The molecule has 0 aliphatic heterocycles. The van der Waals surface area contributed by atoms with Gasteiger partial charge in [-0.15, -0.1) is 0 Å². The number of carbonyl (C=O) groups excluding carboxylic acids is 2. The van der Waals surface area contributed by atoms with Gasteiger partial charge in [-0.25, -0.2) is 0 Å². The maximum atomic E-state index is 12.7. The molecule has 1 atom stereocenters. The average Bonchev–Trinajstić information content (AvgIpc) is 3.01. The Hall–Kier alpha value is -3.55. The predicted molar refractivity (Wildman–Crippen MR) is 119 cm³/mol. The Morgan fingerprint density at radius 3 is 2.34 bits per heavy atom. The molecule has 2 aromatic rings. The lowest BCUT2D eigenvalue weighted by atomic mass is 9.95. The molecule has 1 aliphatic rings. The molecule has 3 rings (SSSR count). The van der Waals surface area contributed by atoms with E-state index < -0.39 is 12.0 Å². The van der Waals surface area contributed by atoms with Crippen LogP contribution in [-0.4, -0.2) is 33.2 Å². The minimum Gasteiger partial charge on any atom is -0.493 e. The van der Waals surface area contributed by atoms with Gasteiger partial charge in [-0.2, -0.15) is 0 Å². The highest BCUT2D eigenvalue weighted by atomic mass is 16.6. The summed E-state index contributed by atoms with van der Waals surface area (Å²) >= 11 is 0. The van der Waals surface area contributed by atoms with E-state index in [2.05, 4.69) is 5.32 Å². The quantitative estimate of drug-likeness (QED) is 0.543. The minimum absolute atomic E-state index is 0.161. The van der Waals surface area contributed by atoms with Crippen LogP contribution in [0.5, 0.6) is 23.0 Å². The number of amides is 1. The number of esters is 1. The molecule has 0 aromatic heterocycles. The number of ether oxygens (including phenoxy) is 4. The van der Waals surface area contributed by atoms with Crippen LogP contribution in [0.2, 0.25) is 0 Å². The summed E-state index contributed by atoms with van der Waals surface area (Å²) in [5, 5.41) is 2.93. The molecule has 32 heavy (non-hydrogen) atoms. The van der Waals surface area contributed by atoms with Gasteiger partial charge < -0.3 is 24.3 Å². The Bertz CT molecular complexity index is 1110. The average molecular weight is 441 g/mol. The van der Waals surface area contributed by atoms with Gasteiger partial charge in [0.1, 0.15) is 0 Å². The van der Waals surface area contributed by atoms with E-state index in [9.17, 15) is 14.4 Å². The molecule has 0 fully saturated rings. The smallest absolute Gasteiger partial charge is 0.311 e. The van der Waals surface area contributed by atoms with Crippen molar-refractivity contribution in [2.24, 2.45) is 0 Å². The van der Waals surface area contributed by atoms with Crippen LogP contribution in [0.3, 0.4) is 0 Å². The van der Waals surface area contributed by atoms with Gasteiger partial charge in [-0.1, -0.05) is 13.0 Å². The van der Waals surface area contributed by atoms with E-state index in [0.717, 1.165) is 5.56 Å². The molecule has 170 valence electrons. The number of rotatable bonds is 6. The second-order valence-electron chi connectivity index (χ2n) is 7.37. The number of nitrogens with one attached hydrogen (secondary N) is 1. The van der Waals surface area contributed by atoms with Gasteiger partial charge in [0.25, 0.3) is 0 Å². The summed E-state index contributed by atoms with van der Waals surface area (Å²) in [6, 6.07) is 6.19. The van der Waals surface area contributed by atoms with Crippen molar-refractivity contribution in [3.05, 3.63) is 45.6 Å². The third-order valence-electron chi connectivity index (χ3n) is 5.40. The first-order valence-corrected chi connectivity index (χ1v) is 10.3. The zero-order chi connectivity index (χ0) is 23.4. The summed E-state index contributed by atoms with van der Waals surface area (Å²) in [5.41, 5.74) is 2.38. The standard InChI is InChI=1S/C24H27NO7/c1-6-21(28)32-24-22-14(11-20(30-4)23(24)31-5)7-9-17(25-13(2)26)16-12-18(27)19(29-3)10-8-15(16)22/h8,10-12,17H,6-7,9H2,1-5H3,(H,25,26)/t17-/m0/s1. The molecule has 0 heterocycles. The SMILES string of the molecule is CCC(=O)Oc1c(OC)c(OC)cc2c1-c1ccc(OC)c(=O)cc1[C@@H](NC(C)=O)CC2. The van der Waals surface area contributed by atoms with Crippen molar-refractivity contribution in [2.75, 3.05) is 21.3 Å². The Balaban J connectivity index is 2.43. The summed E-state index contributed by atoms with van der Waals surface area (Å²) < 4.78 is 22.0. The molecular formula is C24H27NO7. The molecule has 8 heteroatoms. The fraction of sp³-hybridized carbons (Fsp3) is 0.375. The maximum absolute atomic E-state index is 12.7. The highest BCUT2D eigenvalue weighted by Gasteiger charge is 2.30. The predicted octanol–water partition coefficient (Wildman–Crippen LogP) is 3.18. The zero-order valence-electron chi connectivity index (χ0n) is 18.9. The maximum Gasteiger partial charge on any atom is 0.311 e. The normalized spacial score (nSPS) is 14.3. The van der Waals surface area contributed by atoms with Gasteiger partial charge in [-0.3, -0.25) is 14.4 Å². The number of hydrogen-bond donors (Lipinski definition) is 1. The van der Waals surface area contributed by atoms with Crippen molar-refractivity contribution in [3.63, 3.8) is 0 Å². The lowest BCUT2D eigenvalue weighted by Crippen LogP contribution is -2.26. The molecule has 0 bridgehead atoms. The topological polar surface area (TPSA) is 100 Å². The number of fused-ring (bicyclic) bond motifs is 3. The molecule has 1 amide bonds. The van der Waals surface area contributed by atoms with Gasteiger partial charge in [0.05, 0.1) is 27.4 Å². The first-order valence-electron chi connectivity index (χ1n) is 10.3. The third kappa shape index (κ3) is 4.39. The Morgan fingerprint density at radius 1 is 1.03 bits per heavy atom. The lowest BCUT2D eigenvalue weighted by Gasteiger charge is -2.20. The second kappa shape index (κ2) is 9.72. The molecule has 0 spiro atoms. The van der Waals surface area contributed by atoms with Crippen LogP contribution in [0.1, 0.15) is 43.9 Å². The highest BCUT2D eigenvalue weighted by molar-refractivity contribution is 5.86. The largest absolute Gasteiger partial charge is 0.493 e. The van der Waals surface area contributed by atoms with Crippen molar-refractivity contribution in [2.45, 2.75) is 39.2 Å². The van der Waals surface area contributed by atoms with E-state index in [1.807, 2.05) is 6.07 Å². The first-order chi connectivity index (χ1) is 15.3. The number of aryl methyl sites for hydroxylation is 1. The molecule has 0 unspecified atom stereocenters. The highest BCUT2D eigenvalue weighted by Crippen LogP contribution is 2.50. The Morgan fingerprint density at radius 2 is 1.75 bits per heavy atom. The van der Waals surface area contributed by atoms with Gasteiger partial charge in [-0.05, 0) is 47.7 Å². The van der Waals surface area contributed by atoms with Crippen molar-refractivity contribution in [1.82, 2.24) is 5.32 Å². The van der Waals surface area contributed by atoms with Crippen LogP contribution in [0.25, 0.3) is 11.1 Å². The summed E-state index contributed by atoms with van der Waals surface area (Å²) in [6.45, 7) is 3.13. The van der Waals surface area contributed by atoms with Crippen LogP contribution in [0.4, 0.5) is 0 Å². The molecule has 1 aliphatic carbocycles. The van der Waals surface area contributed by atoms with E-state index in [-0.39, 0.29) is 35.0 Å². The second-order valence-corrected chi connectivity index (χ2v) is 7.37. The summed E-state index contributed by atoms with van der Waals surface area (Å²) in [5.74, 6) is 0.422. The molecule has 0 radical (unpaired) electrons. The van der Waals surface area contributed by atoms with Crippen molar-refractivity contribution < 1.29 is 28.5 Å². The molecule has 8 nitrogen and oxygen atoms in total. The van der Waals surface area contributed by atoms with Crippen molar-refractivity contribution in [3.8, 4) is 34.1 Å². The Labute approximate surface area is 186 Å². The van der Waals surface area contributed by atoms with Crippen LogP contribution in [0, 0.1) is 0 Å². The van der Waals surface area contributed by atoms with Gasteiger partial charge >= 0.3 is 5.97 Å². The van der Waals surface area contributed by atoms with Crippen molar-refractivity contribution >= 4 is 11.9 Å². The van der Waals surface area contributed by atoms with Crippen LogP contribution in [0.15, 0.2) is 29.1 Å². The van der Waals surface area contributed by atoms with E-state index in [4.69, 9.17) is 18.9 Å². The number of methoxy groups -OCH3 is 3. The summed E-state index contributed by atoms with van der Waals surface area (Å²) in [4.78, 5) is 37.0. The zero-order valence-corrected chi connectivity index (χ0v) is 18.9. The van der Waals surface area contributed by atoms with E-state index in [1.54, 1.807) is 19.1 Å². The van der Waals surface area contributed by atoms with E-state index in [0.29, 0.717) is 35.3 Å². The molecule has 0 saturated carbocycles. The van der Waals surface area contributed by atoms with Crippen molar-refractivity contribution in [1.29, 1.82) is 0 Å². The van der Waals surface area contributed by atoms with E-state index in [1.165, 1.54) is 34.3 Å². The molecular weight excluding hydrogens is 414 g/mol. The van der Waals surface area contributed by atoms with Crippen LogP contribution >= 0.6 is 0 Å². The van der Waals surface area contributed by atoms with Gasteiger partial charge in [0.2, 0.25) is 17.1 Å². The first kappa shape index (κ1) is 23.1.